The highest BCUT2D eigenvalue weighted by molar-refractivity contribution is 6.67. The fourth-order valence-corrected chi connectivity index (χ4v) is 5.62. The van der Waals surface area contributed by atoms with Crippen LogP contribution in [0.3, 0.4) is 0 Å². The van der Waals surface area contributed by atoms with Crippen molar-refractivity contribution >= 4 is 19.5 Å². The van der Waals surface area contributed by atoms with E-state index in [-0.39, 0.29) is 11.0 Å². The van der Waals surface area contributed by atoms with Crippen LogP contribution < -0.4 is 0 Å². The number of unbranched alkanes of at least 4 members (excludes halogenated alkanes) is 2. The van der Waals surface area contributed by atoms with Crippen molar-refractivity contribution in [2.75, 3.05) is 13.2 Å². The van der Waals surface area contributed by atoms with Gasteiger partial charge in [-0.25, -0.2) is 0 Å². The minimum absolute atomic E-state index is 0. The van der Waals surface area contributed by atoms with Gasteiger partial charge in [-0.05, 0) is 36.9 Å². The molecule has 0 aliphatic heterocycles. The summed E-state index contributed by atoms with van der Waals surface area (Å²) in [6.45, 7) is 10.2. The Labute approximate surface area is 107 Å². The van der Waals surface area contributed by atoms with Gasteiger partial charge >= 0.3 is 8.56 Å². The molecule has 0 amide bonds. The van der Waals surface area contributed by atoms with Gasteiger partial charge in [-0.3, -0.25) is 0 Å². The van der Waals surface area contributed by atoms with Crippen molar-refractivity contribution in [2.45, 2.75) is 65.5 Å². The first-order valence-corrected chi connectivity index (χ1v) is 8.75. The monoisotopic (exact) mass is 264 g/mol. The molecule has 0 atom stereocenters. The second kappa shape index (κ2) is 11.8. The van der Waals surface area contributed by atoms with Crippen molar-refractivity contribution in [1.82, 2.24) is 0 Å². The van der Waals surface area contributed by atoms with E-state index in [1.165, 1.54) is 37.8 Å². The first-order valence-electron chi connectivity index (χ1n) is 6.52. The molecule has 0 spiro atoms. The molecule has 16 heavy (non-hydrogen) atoms. The summed E-state index contributed by atoms with van der Waals surface area (Å²) < 4.78 is 12.0. The van der Waals surface area contributed by atoms with Crippen molar-refractivity contribution < 1.29 is 8.85 Å². The first kappa shape index (κ1) is 18.7. The average Bonchev–Trinajstić information content (AvgIpc) is 2.24. The predicted octanol–water partition coefficient (Wildman–Crippen LogP) is 2.65. The zero-order chi connectivity index (χ0) is 11.6. The molecule has 0 fully saturated rings. The summed E-state index contributed by atoms with van der Waals surface area (Å²) >= 11 is 0. The third-order valence-corrected chi connectivity index (χ3v) is 6.50. The Hall–Kier alpha value is 0.354. The largest absolute Gasteiger partial charge is 0.394 e. The quantitative estimate of drug-likeness (QED) is 0.565. The third kappa shape index (κ3) is 7.60. The van der Waals surface area contributed by atoms with E-state index in [4.69, 9.17) is 8.85 Å². The van der Waals surface area contributed by atoms with Gasteiger partial charge in [-0.1, -0.05) is 39.5 Å². The molecular weight excluding hydrogens is 232 g/mol. The fourth-order valence-electron chi connectivity index (χ4n) is 1.87. The lowest BCUT2D eigenvalue weighted by Crippen LogP contribution is -2.42. The van der Waals surface area contributed by atoms with Gasteiger partial charge in [0.1, 0.15) is 0 Å². The molecule has 0 heterocycles. The maximum absolute atomic E-state index is 5.99. The SMILES string of the molecule is CCCC[Si](CCCC)(OCC)OCC.[SiH4]. The molecule has 0 bridgehead atoms. The highest BCUT2D eigenvalue weighted by Gasteiger charge is 2.35. The molecule has 0 saturated heterocycles. The third-order valence-electron chi connectivity index (χ3n) is 2.64. The van der Waals surface area contributed by atoms with Crippen LogP contribution in [-0.4, -0.2) is 32.7 Å². The first-order chi connectivity index (χ1) is 7.24. The second-order valence-corrected chi connectivity index (χ2v) is 7.38. The van der Waals surface area contributed by atoms with Crippen molar-refractivity contribution in [3.8, 4) is 0 Å². The molecule has 0 unspecified atom stereocenters. The minimum Gasteiger partial charge on any atom is -0.394 e. The lowest BCUT2D eigenvalue weighted by molar-refractivity contribution is 0.180. The van der Waals surface area contributed by atoms with Crippen LogP contribution in [0.1, 0.15) is 53.4 Å². The summed E-state index contributed by atoms with van der Waals surface area (Å²) in [4.78, 5) is 0. The van der Waals surface area contributed by atoms with E-state index >= 15 is 0 Å². The van der Waals surface area contributed by atoms with Gasteiger partial charge in [0.2, 0.25) is 0 Å². The summed E-state index contributed by atoms with van der Waals surface area (Å²) in [5, 5.41) is 0. The molecule has 0 aromatic carbocycles. The average molecular weight is 265 g/mol. The molecule has 100 valence electrons. The molecule has 0 rings (SSSR count). The normalized spacial score (nSPS) is 11.2. The number of hydrogen-bond donors (Lipinski definition) is 0. The zero-order valence-electron chi connectivity index (χ0n) is 11.0. The van der Waals surface area contributed by atoms with E-state index < -0.39 is 8.56 Å². The van der Waals surface area contributed by atoms with Crippen LogP contribution in [-0.2, 0) is 8.85 Å². The molecule has 2 nitrogen and oxygen atoms in total. The Morgan fingerprint density at radius 1 is 0.750 bits per heavy atom. The summed E-state index contributed by atoms with van der Waals surface area (Å²) in [5.74, 6) is 0. The van der Waals surface area contributed by atoms with Crippen molar-refractivity contribution in [3.63, 3.8) is 0 Å². The smallest absolute Gasteiger partial charge is 0.338 e. The van der Waals surface area contributed by atoms with Crippen LogP contribution in [0.5, 0.6) is 0 Å². The Kier molecular flexibility index (Phi) is 13.8. The Bertz CT molecular complexity index is 127. The van der Waals surface area contributed by atoms with E-state index in [1.807, 2.05) is 0 Å². The van der Waals surface area contributed by atoms with E-state index in [1.54, 1.807) is 0 Å². The van der Waals surface area contributed by atoms with Crippen molar-refractivity contribution in [1.29, 1.82) is 0 Å². The van der Waals surface area contributed by atoms with Gasteiger partial charge in [0.25, 0.3) is 0 Å². The van der Waals surface area contributed by atoms with Gasteiger partial charge in [0, 0.05) is 13.2 Å². The topological polar surface area (TPSA) is 18.5 Å². The van der Waals surface area contributed by atoms with Crippen molar-refractivity contribution in [3.05, 3.63) is 0 Å². The summed E-state index contributed by atoms with van der Waals surface area (Å²) in [7, 11) is -1.84. The molecule has 0 radical (unpaired) electrons. The molecule has 0 N–H and O–H groups in total. The second-order valence-electron chi connectivity index (χ2n) is 3.98. The molecule has 0 aliphatic carbocycles. The molecule has 0 saturated carbocycles. The number of rotatable bonds is 10. The van der Waals surface area contributed by atoms with Crippen LogP contribution in [0.4, 0.5) is 0 Å². The van der Waals surface area contributed by atoms with Crippen molar-refractivity contribution in [2.24, 2.45) is 0 Å². The van der Waals surface area contributed by atoms with Gasteiger partial charge < -0.3 is 8.85 Å². The maximum Gasteiger partial charge on any atom is 0.338 e. The zero-order valence-corrected chi connectivity index (χ0v) is 12.0. The molecule has 4 heteroatoms. The Balaban J connectivity index is 0. The predicted molar refractivity (Wildman–Crippen MR) is 79.8 cm³/mol. The summed E-state index contributed by atoms with van der Waals surface area (Å²) in [5.41, 5.74) is 0. The molecule has 0 aromatic rings. The highest BCUT2D eigenvalue weighted by atomic mass is 28.4. The van der Waals surface area contributed by atoms with E-state index in [0.29, 0.717) is 0 Å². The standard InChI is InChI=1S/C12H28O2Si.H4Si/c1-5-9-11-15(13-7-3,14-8-4)12-10-6-2;/h5-12H2,1-4H3;1H4. The van der Waals surface area contributed by atoms with Crippen LogP contribution in [0.2, 0.25) is 12.1 Å². The van der Waals surface area contributed by atoms with Crippen LogP contribution >= 0.6 is 0 Å². The van der Waals surface area contributed by atoms with E-state index in [2.05, 4.69) is 27.7 Å². The summed E-state index contributed by atoms with van der Waals surface area (Å²) in [6, 6.07) is 2.34. The van der Waals surface area contributed by atoms with Gasteiger partial charge in [0.05, 0.1) is 0 Å². The molecule has 0 aliphatic rings. The Morgan fingerprint density at radius 2 is 1.12 bits per heavy atom. The Morgan fingerprint density at radius 3 is 1.38 bits per heavy atom. The number of hydrogen-bond acceptors (Lipinski definition) is 2. The van der Waals surface area contributed by atoms with Crippen LogP contribution in [0, 0.1) is 0 Å². The summed E-state index contributed by atoms with van der Waals surface area (Å²) in [6.07, 6.45) is 4.97. The van der Waals surface area contributed by atoms with Gasteiger partial charge in [-0.2, -0.15) is 0 Å². The minimum atomic E-state index is -1.84. The van der Waals surface area contributed by atoms with E-state index in [9.17, 15) is 0 Å². The lowest BCUT2D eigenvalue weighted by atomic mass is 10.4. The van der Waals surface area contributed by atoms with E-state index in [0.717, 1.165) is 13.2 Å². The lowest BCUT2D eigenvalue weighted by Gasteiger charge is -2.30. The maximum atomic E-state index is 5.99. The van der Waals surface area contributed by atoms with Gasteiger partial charge in [-0.15, -0.1) is 0 Å². The van der Waals surface area contributed by atoms with Gasteiger partial charge in [0.15, 0.2) is 0 Å². The molecule has 0 aromatic heterocycles. The van der Waals surface area contributed by atoms with Crippen LogP contribution in [0.15, 0.2) is 0 Å². The fraction of sp³-hybridized carbons (Fsp3) is 1.00. The highest BCUT2D eigenvalue weighted by Crippen LogP contribution is 2.24. The molecular formula is C12H32O2Si2. The van der Waals surface area contributed by atoms with Crippen LogP contribution in [0.25, 0.3) is 0 Å².